The molecule has 1 atom stereocenters. The van der Waals surface area contributed by atoms with Crippen LogP contribution in [0.15, 0.2) is 0 Å². The number of rotatable bonds is 4. The van der Waals surface area contributed by atoms with E-state index in [1.165, 1.54) is 0 Å². The van der Waals surface area contributed by atoms with Gasteiger partial charge in [0.25, 0.3) is 0 Å². The van der Waals surface area contributed by atoms with Gasteiger partial charge in [-0.1, -0.05) is 0 Å². The van der Waals surface area contributed by atoms with E-state index in [4.69, 9.17) is 14.9 Å². The Bertz CT molecular complexity index is 130. The molecule has 0 aliphatic rings. The molecule has 0 heterocycles. The summed E-state index contributed by atoms with van der Waals surface area (Å²) in [6.45, 7) is 2.90. The molecule has 0 amide bonds. The summed E-state index contributed by atoms with van der Waals surface area (Å²) < 4.78 is 14.5. The van der Waals surface area contributed by atoms with E-state index in [0.717, 1.165) is 0 Å². The molecule has 10 heavy (non-hydrogen) atoms. The molecule has 0 aromatic rings. The summed E-state index contributed by atoms with van der Waals surface area (Å²) in [6.07, 6.45) is -1.46. The molecule has 0 aromatic carbocycles. The van der Waals surface area contributed by atoms with E-state index in [1.54, 1.807) is 0 Å². The van der Waals surface area contributed by atoms with E-state index >= 15 is 0 Å². The predicted molar refractivity (Wildman–Crippen MR) is 34.2 cm³/mol. The molecule has 0 saturated carbocycles. The van der Waals surface area contributed by atoms with Gasteiger partial charge in [0.15, 0.2) is 0 Å². The Labute approximate surface area is 58.8 Å². The first-order chi connectivity index (χ1) is 4.45. The van der Waals surface area contributed by atoms with Crippen molar-refractivity contribution in [2.45, 2.75) is 6.10 Å². The van der Waals surface area contributed by atoms with Crippen molar-refractivity contribution in [3.8, 4) is 0 Å². The van der Waals surface area contributed by atoms with Crippen LogP contribution in [0.4, 0.5) is 0 Å². The van der Waals surface area contributed by atoms with Crippen LogP contribution in [0.2, 0.25) is 0 Å². The molecule has 6 heteroatoms. The maximum atomic E-state index is 10.1. The fourth-order valence-electron chi connectivity index (χ4n) is 0.255. The van der Waals surface area contributed by atoms with Gasteiger partial charge in [-0.15, -0.1) is 0 Å². The van der Waals surface area contributed by atoms with Gasteiger partial charge >= 0.3 is 7.60 Å². The zero-order chi connectivity index (χ0) is 8.20. The topological polar surface area (TPSA) is 87.0 Å². The Morgan fingerprint density at radius 2 is 2.10 bits per heavy atom. The van der Waals surface area contributed by atoms with Gasteiger partial charge < -0.3 is 19.6 Å². The third kappa shape index (κ3) is 6.19. The van der Waals surface area contributed by atoms with Crippen LogP contribution in [0.25, 0.3) is 0 Å². The standard InChI is InChI=1S/C4H10O5P/c1-4(2-5)9-3-10(6,7)8/h4-5H,1-3H2,(H2,6,7,8). The SMILES string of the molecule is [CH2]C(CO)OCP(=O)(O)O. The van der Waals surface area contributed by atoms with Crippen molar-refractivity contribution < 1.29 is 24.2 Å². The van der Waals surface area contributed by atoms with E-state index in [1.807, 2.05) is 0 Å². The first-order valence-corrected chi connectivity index (χ1v) is 4.35. The molecule has 0 saturated heterocycles. The normalized spacial score (nSPS) is 15.2. The van der Waals surface area contributed by atoms with Crippen LogP contribution < -0.4 is 0 Å². The van der Waals surface area contributed by atoms with Gasteiger partial charge in [0.05, 0.1) is 12.7 Å². The second kappa shape index (κ2) is 4.05. The summed E-state index contributed by atoms with van der Waals surface area (Å²) in [5.74, 6) is 0. The Morgan fingerprint density at radius 1 is 1.60 bits per heavy atom. The molecule has 0 aliphatic carbocycles. The Kier molecular flexibility index (Phi) is 4.08. The molecule has 3 N–H and O–H groups in total. The number of aliphatic hydroxyl groups is 1. The second-order valence-electron chi connectivity index (χ2n) is 1.77. The lowest BCUT2D eigenvalue weighted by Gasteiger charge is -2.09. The molecule has 0 spiro atoms. The second-order valence-corrected chi connectivity index (χ2v) is 3.35. The first kappa shape index (κ1) is 10.1. The number of ether oxygens (including phenoxy) is 1. The molecule has 0 fully saturated rings. The van der Waals surface area contributed by atoms with E-state index < -0.39 is 20.0 Å². The molecular weight excluding hydrogens is 159 g/mol. The highest BCUT2D eigenvalue weighted by Crippen LogP contribution is 2.34. The quantitative estimate of drug-likeness (QED) is 0.486. The monoisotopic (exact) mass is 169 g/mol. The van der Waals surface area contributed by atoms with Gasteiger partial charge in [-0.25, -0.2) is 0 Å². The molecule has 1 unspecified atom stereocenters. The van der Waals surface area contributed by atoms with E-state index in [2.05, 4.69) is 11.7 Å². The van der Waals surface area contributed by atoms with Crippen LogP contribution in [-0.4, -0.2) is 34.0 Å². The van der Waals surface area contributed by atoms with Crippen molar-refractivity contribution in [2.24, 2.45) is 0 Å². The highest BCUT2D eigenvalue weighted by Gasteiger charge is 2.14. The van der Waals surface area contributed by atoms with E-state index in [0.29, 0.717) is 0 Å². The van der Waals surface area contributed by atoms with Crippen LogP contribution in [0.3, 0.4) is 0 Å². The van der Waals surface area contributed by atoms with Gasteiger partial charge in [0.1, 0.15) is 6.35 Å². The minimum Gasteiger partial charge on any atom is -0.394 e. The van der Waals surface area contributed by atoms with Crippen LogP contribution in [-0.2, 0) is 9.30 Å². The van der Waals surface area contributed by atoms with Crippen LogP contribution >= 0.6 is 7.60 Å². The van der Waals surface area contributed by atoms with Crippen molar-refractivity contribution >= 4 is 7.60 Å². The molecule has 0 aliphatic heterocycles. The minimum atomic E-state index is -4.11. The summed E-state index contributed by atoms with van der Waals surface area (Å²) in [6, 6.07) is 0. The van der Waals surface area contributed by atoms with Gasteiger partial charge in [0.2, 0.25) is 0 Å². The Morgan fingerprint density at radius 3 is 2.40 bits per heavy atom. The minimum absolute atomic E-state index is 0.347. The van der Waals surface area contributed by atoms with Gasteiger partial charge in [-0.05, 0) is 6.92 Å². The van der Waals surface area contributed by atoms with Gasteiger partial charge in [-0.2, -0.15) is 0 Å². The van der Waals surface area contributed by atoms with Crippen LogP contribution in [0, 0.1) is 6.92 Å². The van der Waals surface area contributed by atoms with Crippen LogP contribution in [0.5, 0.6) is 0 Å². The van der Waals surface area contributed by atoms with Crippen LogP contribution in [0.1, 0.15) is 0 Å². The van der Waals surface area contributed by atoms with Gasteiger partial charge in [0, 0.05) is 0 Å². The van der Waals surface area contributed by atoms with Crippen molar-refractivity contribution in [3.63, 3.8) is 0 Å². The predicted octanol–water partition coefficient (Wildman–Crippen LogP) is -0.667. The maximum Gasteiger partial charge on any atom is 0.350 e. The van der Waals surface area contributed by atoms with E-state index in [-0.39, 0.29) is 6.61 Å². The molecule has 1 radical (unpaired) electrons. The third-order valence-corrected chi connectivity index (χ3v) is 1.17. The zero-order valence-corrected chi connectivity index (χ0v) is 6.20. The smallest absolute Gasteiger partial charge is 0.350 e. The molecule has 0 aromatic heterocycles. The number of aliphatic hydroxyl groups excluding tert-OH is 1. The average Bonchev–Trinajstić information content (AvgIpc) is 1.81. The largest absolute Gasteiger partial charge is 0.394 e. The number of hydrogen-bond acceptors (Lipinski definition) is 3. The summed E-state index contributed by atoms with van der Waals surface area (Å²) in [7, 11) is -4.11. The molecule has 61 valence electrons. The summed E-state index contributed by atoms with van der Waals surface area (Å²) in [4.78, 5) is 16.5. The van der Waals surface area contributed by atoms with Crippen molar-refractivity contribution in [1.82, 2.24) is 0 Å². The fraction of sp³-hybridized carbons (Fsp3) is 0.750. The summed E-state index contributed by atoms with van der Waals surface area (Å²) >= 11 is 0. The Hall–Kier alpha value is 0.0700. The lowest BCUT2D eigenvalue weighted by molar-refractivity contribution is 0.0592. The van der Waals surface area contributed by atoms with Crippen molar-refractivity contribution in [3.05, 3.63) is 6.92 Å². The molecule has 0 rings (SSSR count). The van der Waals surface area contributed by atoms with E-state index in [9.17, 15) is 4.57 Å². The highest BCUT2D eigenvalue weighted by atomic mass is 31.2. The lowest BCUT2D eigenvalue weighted by Crippen LogP contribution is -2.13. The van der Waals surface area contributed by atoms with Gasteiger partial charge in [-0.3, -0.25) is 4.57 Å². The average molecular weight is 169 g/mol. The maximum absolute atomic E-state index is 10.1. The molecular formula is C4H10O5P. The van der Waals surface area contributed by atoms with Crippen molar-refractivity contribution in [1.29, 1.82) is 0 Å². The number of hydrogen-bond donors (Lipinski definition) is 3. The Balaban J connectivity index is 3.46. The fourth-order valence-corrected chi connectivity index (χ4v) is 0.660. The zero-order valence-electron chi connectivity index (χ0n) is 5.30. The molecule has 5 nitrogen and oxygen atoms in total. The lowest BCUT2D eigenvalue weighted by atomic mass is 10.4. The molecule has 0 bridgehead atoms. The highest BCUT2D eigenvalue weighted by molar-refractivity contribution is 7.51. The third-order valence-electron chi connectivity index (χ3n) is 0.682. The summed E-state index contributed by atoms with van der Waals surface area (Å²) in [5.41, 5.74) is 0. The van der Waals surface area contributed by atoms with Crippen molar-refractivity contribution in [2.75, 3.05) is 13.0 Å². The summed E-state index contributed by atoms with van der Waals surface area (Å²) in [5, 5.41) is 8.29. The first-order valence-electron chi connectivity index (χ1n) is 2.56.